The molecule has 25 heavy (non-hydrogen) atoms. The number of aromatic nitrogens is 2. The molecule has 0 radical (unpaired) electrons. The van der Waals surface area contributed by atoms with Crippen LogP contribution in [0.1, 0.15) is 17.3 Å². The van der Waals surface area contributed by atoms with Gasteiger partial charge in [0.15, 0.2) is 5.11 Å². The molecule has 0 bridgehead atoms. The van der Waals surface area contributed by atoms with E-state index < -0.39 is 0 Å². The van der Waals surface area contributed by atoms with Crippen molar-refractivity contribution in [3.05, 3.63) is 83.4 Å². The van der Waals surface area contributed by atoms with E-state index >= 15 is 0 Å². The maximum absolute atomic E-state index is 6.27. The van der Waals surface area contributed by atoms with Crippen LogP contribution < -0.4 is 5.32 Å². The molecule has 2 aromatic heterocycles. The Bertz CT molecular complexity index is 893. The van der Waals surface area contributed by atoms with Gasteiger partial charge >= 0.3 is 0 Å². The topological polar surface area (TPSA) is 33.1 Å². The van der Waals surface area contributed by atoms with E-state index in [9.17, 15) is 0 Å². The van der Waals surface area contributed by atoms with Crippen molar-refractivity contribution in [3.63, 3.8) is 0 Å². The van der Waals surface area contributed by atoms with Gasteiger partial charge in [0.2, 0.25) is 0 Å². The van der Waals surface area contributed by atoms with Crippen LogP contribution in [-0.4, -0.2) is 26.1 Å². The fraction of sp³-hybridized carbons (Fsp3) is 0.158. The normalized spacial score (nSPS) is 16.4. The van der Waals surface area contributed by atoms with Gasteiger partial charge in [-0.2, -0.15) is 0 Å². The summed E-state index contributed by atoms with van der Waals surface area (Å²) in [6, 6.07) is 16.0. The highest BCUT2D eigenvalue weighted by Crippen LogP contribution is 2.33. The van der Waals surface area contributed by atoms with Crippen LogP contribution in [0.3, 0.4) is 0 Å². The average Bonchev–Trinajstić information content (AvgIpc) is 3.12. The van der Waals surface area contributed by atoms with E-state index in [1.165, 1.54) is 5.69 Å². The van der Waals surface area contributed by atoms with Gasteiger partial charge in [-0.3, -0.25) is 4.98 Å². The van der Waals surface area contributed by atoms with E-state index in [0.717, 1.165) is 24.3 Å². The van der Waals surface area contributed by atoms with Crippen LogP contribution in [0, 0.1) is 0 Å². The molecule has 3 aromatic rings. The number of halogens is 1. The van der Waals surface area contributed by atoms with Crippen molar-refractivity contribution in [1.82, 2.24) is 14.5 Å². The first-order chi connectivity index (χ1) is 12.2. The Balaban J connectivity index is 1.68. The third-order valence-corrected chi connectivity index (χ3v) is 5.10. The lowest BCUT2D eigenvalue weighted by molar-refractivity contribution is 0.293. The predicted octanol–water partition coefficient (Wildman–Crippen LogP) is 4.34. The molecule has 0 spiro atoms. The molecule has 0 fully saturated rings. The number of nitrogens with zero attached hydrogens (tertiary/aromatic N) is 3. The zero-order valence-electron chi connectivity index (χ0n) is 13.5. The van der Waals surface area contributed by atoms with Crippen molar-refractivity contribution in [2.45, 2.75) is 12.6 Å². The SMILES string of the molecule is S=C(Nc1ccccc1Cl)N1CCn2cccc2[C@@H]1c1ccncc1. The first kappa shape index (κ1) is 16.1. The Kier molecular flexibility index (Phi) is 4.42. The number of nitrogens with one attached hydrogen (secondary N) is 1. The molecule has 0 saturated heterocycles. The number of thiocarbonyl (C=S) groups is 1. The summed E-state index contributed by atoms with van der Waals surface area (Å²) in [6.07, 6.45) is 5.76. The fourth-order valence-electron chi connectivity index (χ4n) is 3.25. The summed E-state index contributed by atoms with van der Waals surface area (Å²) in [5.74, 6) is 0. The Labute approximate surface area is 157 Å². The molecular weight excluding hydrogens is 352 g/mol. The van der Waals surface area contributed by atoms with Crippen molar-refractivity contribution in [2.75, 3.05) is 11.9 Å². The Hall–Kier alpha value is -2.37. The lowest BCUT2D eigenvalue weighted by atomic mass is 10.0. The van der Waals surface area contributed by atoms with Crippen LogP contribution >= 0.6 is 23.8 Å². The molecule has 0 saturated carbocycles. The minimum absolute atomic E-state index is 0.0502. The summed E-state index contributed by atoms with van der Waals surface area (Å²) in [5.41, 5.74) is 3.21. The second kappa shape index (κ2) is 6.86. The van der Waals surface area contributed by atoms with Crippen molar-refractivity contribution >= 4 is 34.6 Å². The summed E-state index contributed by atoms with van der Waals surface area (Å²) < 4.78 is 2.28. The molecule has 1 aliphatic heterocycles. The van der Waals surface area contributed by atoms with Crippen molar-refractivity contribution in [1.29, 1.82) is 0 Å². The molecule has 0 amide bonds. The minimum atomic E-state index is 0.0502. The molecule has 4 rings (SSSR count). The van der Waals surface area contributed by atoms with Crippen LogP contribution in [0.5, 0.6) is 0 Å². The smallest absolute Gasteiger partial charge is 0.174 e. The van der Waals surface area contributed by atoms with Gasteiger partial charge in [-0.1, -0.05) is 23.7 Å². The average molecular weight is 369 g/mol. The van der Waals surface area contributed by atoms with E-state index in [2.05, 4.69) is 38.1 Å². The third-order valence-electron chi connectivity index (χ3n) is 4.44. The van der Waals surface area contributed by atoms with E-state index in [-0.39, 0.29) is 6.04 Å². The molecule has 3 heterocycles. The Morgan fingerprint density at radius 1 is 1.08 bits per heavy atom. The van der Waals surface area contributed by atoms with Crippen molar-refractivity contribution in [2.24, 2.45) is 0 Å². The van der Waals surface area contributed by atoms with Gasteiger partial charge in [0, 0.05) is 37.4 Å². The van der Waals surface area contributed by atoms with Crippen molar-refractivity contribution < 1.29 is 0 Å². The maximum atomic E-state index is 6.27. The highest BCUT2D eigenvalue weighted by Gasteiger charge is 2.30. The fourth-order valence-corrected chi connectivity index (χ4v) is 3.74. The summed E-state index contributed by atoms with van der Waals surface area (Å²) >= 11 is 12.0. The number of fused-ring (bicyclic) bond motifs is 1. The van der Waals surface area contributed by atoms with Crippen molar-refractivity contribution in [3.8, 4) is 0 Å². The number of hydrogen-bond acceptors (Lipinski definition) is 2. The summed E-state index contributed by atoms with van der Waals surface area (Å²) in [6.45, 7) is 1.72. The second-order valence-corrected chi connectivity index (χ2v) is 6.71. The molecular formula is C19H17ClN4S. The summed E-state index contributed by atoms with van der Waals surface area (Å²) in [5, 5.41) is 4.63. The summed E-state index contributed by atoms with van der Waals surface area (Å²) in [4.78, 5) is 6.35. The molecule has 126 valence electrons. The molecule has 0 aliphatic carbocycles. The number of benzene rings is 1. The predicted molar refractivity (Wildman–Crippen MR) is 105 cm³/mol. The summed E-state index contributed by atoms with van der Waals surface area (Å²) in [7, 11) is 0. The van der Waals surface area contributed by atoms with Gasteiger partial charge in [0.25, 0.3) is 0 Å². The third kappa shape index (κ3) is 3.13. The highest BCUT2D eigenvalue weighted by molar-refractivity contribution is 7.80. The van der Waals surface area contributed by atoms with E-state index in [0.29, 0.717) is 10.1 Å². The molecule has 0 unspecified atom stereocenters. The lowest BCUT2D eigenvalue weighted by Crippen LogP contribution is -2.44. The number of anilines is 1. The minimum Gasteiger partial charge on any atom is -0.348 e. The zero-order valence-corrected chi connectivity index (χ0v) is 15.0. The first-order valence-electron chi connectivity index (χ1n) is 8.11. The first-order valence-corrected chi connectivity index (χ1v) is 8.90. The number of para-hydroxylation sites is 1. The van der Waals surface area contributed by atoms with Gasteiger partial charge in [-0.05, 0) is 54.2 Å². The second-order valence-electron chi connectivity index (χ2n) is 5.91. The van der Waals surface area contributed by atoms with Gasteiger partial charge in [-0.25, -0.2) is 0 Å². The Morgan fingerprint density at radius 2 is 1.88 bits per heavy atom. The van der Waals surface area contributed by atoms with Gasteiger partial charge in [0.05, 0.1) is 16.8 Å². The van der Waals surface area contributed by atoms with Crippen LogP contribution in [0.15, 0.2) is 67.1 Å². The molecule has 1 aromatic carbocycles. The molecule has 4 nitrogen and oxygen atoms in total. The van der Waals surface area contributed by atoms with Crippen LogP contribution in [0.4, 0.5) is 5.69 Å². The molecule has 1 atom stereocenters. The van der Waals surface area contributed by atoms with Crippen LogP contribution in [0.25, 0.3) is 0 Å². The molecule has 6 heteroatoms. The highest BCUT2D eigenvalue weighted by atomic mass is 35.5. The van der Waals surface area contributed by atoms with E-state index in [1.54, 1.807) is 0 Å². The standard InChI is InChI=1S/C19H17ClN4S/c20-15-4-1-2-5-16(15)22-19(25)24-13-12-23-11-3-6-17(23)18(24)14-7-9-21-10-8-14/h1-11,18H,12-13H2,(H,22,25)/t18-/m0/s1. The monoisotopic (exact) mass is 368 g/mol. The van der Waals surface area contributed by atoms with Crippen LogP contribution in [-0.2, 0) is 6.54 Å². The molecule has 1 N–H and O–H groups in total. The van der Waals surface area contributed by atoms with Gasteiger partial charge in [0.1, 0.15) is 0 Å². The number of hydrogen-bond donors (Lipinski definition) is 1. The maximum Gasteiger partial charge on any atom is 0.174 e. The Morgan fingerprint density at radius 3 is 2.68 bits per heavy atom. The zero-order chi connectivity index (χ0) is 17.2. The van der Waals surface area contributed by atoms with Gasteiger partial charge < -0.3 is 14.8 Å². The molecule has 1 aliphatic rings. The number of pyridine rings is 1. The largest absolute Gasteiger partial charge is 0.348 e. The number of rotatable bonds is 2. The van der Waals surface area contributed by atoms with E-state index in [4.69, 9.17) is 23.8 Å². The van der Waals surface area contributed by atoms with E-state index in [1.807, 2.05) is 48.8 Å². The quantitative estimate of drug-likeness (QED) is 0.682. The lowest BCUT2D eigenvalue weighted by Gasteiger charge is -2.39. The van der Waals surface area contributed by atoms with Crippen LogP contribution in [0.2, 0.25) is 5.02 Å². The van der Waals surface area contributed by atoms with Gasteiger partial charge in [-0.15, -0.1) is 0 Å².